The number of aromatic nitrogens is 2. The van der Waals surface area contributed by atoms with E-state index in [2.05, 4.69) is 9.97 Å². The Hall–Kier alpha value is -2.24. The van der Waals surface area contributed by atoms with Gasteiger partial charge in [-0.25, -0.2) is 18.4 Å². The second kappa shape index (κ2) is 7.54. The standard InChI is InChI=1S/C18H17F3N4O2S2/c19-18(20,21)13-5-1-2-7-15(13)29(26,27)25-10-4-9-24(11-12-25)17-23-14-6-3-8-22-16(14)28-17/h1-3,5-8H,4,9-12H2. The molecule has 3 heterocycles. The van der Waals surface area contributed by atoms with Gasteiger partial charge in [-0.15, -0.1) is 0 Å². The fourth-order valence-corrected chi connectivity index (χ4v) is 5.93. The summed E-state index contributed by atoms with van der Waals surface area (Å²) in [7, 11) is -4.27. The Morgan fingerprint density at radius 3 is 2.55 bits per heavy atom. The number of hydrogen-bond donors (Lipinski definition) is 0. The Labute approximate surface area is 169 Å². The molecule has 0 unspecified atom stereocenters. The number of rotatable bonds is 3. The summed E-state index contributed by atoms with van der Waals surface area (Å²) < 4.78 is 67.0. The molecule has 1 aliphatic rings. The van der Waals surface area contributed by atoms with E-state index in [-0.39, 0.29) is 13.1 Å². The Morgan fingerprint density at radius 1 is 1.00 bits per heavy atom. The van der Waals surface area contributed by atoms with Gasteiger partial charge in [-0.2, -0.15) is 17.5 Å². The molecule has 4 rings (SSSR count). The van der Waals surface area contributed by atoms with E-state index in [1.807, 2.05) is 11.0 Å². The van der Waals surface area contributed by atoms with Crippen LogP contribution in [0.25, 0.3) is 10.3 Å². The third kappa shape index (κ3) is 3.94. The van der Waals surface area contributed by atoms with Crippen LogP contribution in [0, 0.1) is 0 Å². The van der Waals surface area contributed by atoms with Gasteiger partial charge >= 0.3 is 6.18 Å². The number of hydrogen-bond acceptors (Lipinski definition) is 6. The number of sulfonamides is 1. The molecule has 29 heavy (non-hydrogen) atoms. The largest absolute Gasteiger partial charge is 0.417 e. The van der Waals surface area contributed by atoms with Crippen molar-refractivity contribution in [2.75, 3.05) is 31.1 Å². The second-order valence-corrected chi connectivity index (χ2v) is 9.43. The van der Waals surface area contributed by atoms with Gasteiger partial charge in [-0.05, 0) is 30.7 Å². The van der Waals surface area contributed by atoms with Gasteiger partial charge in [-0.3, -0.25) is 0 Å². The van der Waals surface area contributed by atoms with Crippen LogP contribution in [0.4, 0.5) is 18.3 Å². The van der Waals surface area contributed by atoms with E-state index in [1.54, 1.807) is 12.3 Å². The van der Waals surface area contributed by atoms with Crippen molar-refractivity contribution in [2.45, 2.75) is 17.5 Å². The number of halogens is 3. The predicted octanol–water partition coefficient (Wildman–Crippen LogP) is 3.61. The van der Waals surface area contributed by atoms with E-state index in [0.29, 0.717) is 19.5 Å². The van der Waals surface area contributed by atoms with E-state index >= 15 is 0 Å². The fourth-order valence-electron chi connectivity index (χ4n) is 3.28. The highest BCUT2D eigenvalue weighted by Gasteiger charge is 2.39. The van der Waals surface area contributed by atoms with Crippen LogP contribution in [0.15, 0.2) is 47.5 Å². The topological polar surface area (TPSA) is 66.4 Å². The normalized spacial score (nSPS) is 16.9. The average molecular weight is 442 g/mol. The van der Waals surface area contributed by atoms with Crippen LogP contribution < -0.4 is 4.90 Å². The summed E-state index contributed by atoms with van der Waals surface area (Å²) in [6, 6.07) is 7.95. The van der Waals surface area contributed by atoms with E-state index < -0.39 is 26.7 Å². The molecule has 2 aromatic heterocycles. The Bertz CT molecular complexity index is 1100. The lowest BCUT2D eigenvalue weighted by Crippen LogP contribution is -2.36. The number of benzene rings is 1. The van der Waals surface area contributed by atoms with Gasteiger partial charge in [0.05, 0.1) is 10.5 Å². The maximum Gasteiger partial charge on any atom is 0.417 e. The smallest absolute Gasteiger partial charge is 0.347 e. The van der Waals surface area contributed by atoms with Gasteiger partial charge in [0.25, 0.3) is 0 Å². The monoisotopic (exact) mass is 442 g/mol. The maximum atomic E-state index is 13.3. The highest BCUT2D eigenvalue weighted by molar-refractivity contribution is 7.89. The highest BCUT2D eigenvalue weighted by atomic mass is 32.2. The predicted molar refractivity (Wildman–Crippen MR) is 104 cm³/mol. The summed E-state index contributed by atoms with van der Waals surface area (Å²) in [5.41, 5.74) is -0.376. The minimum atomic E-state index is -4.74. The molecular formula is C18H17F3N4O2S2. The summed E-state index contributed by atoms with van der Waals surface area (Å²) in [4.78, 5) is 10.8. The Balaban J connectivity index is 1.58. The van der Waals surface area contributed by atoms with Crippen LogP contribution in [-0.4, -0.2) is 48.9 Å². The van der Waals surface area contributed by atoms with Crippen LogP contribution in [-0.2, 0) is 16.2 Å². The SMILES string of the molecule is O=S(=O)(c1ccccc1C(F)(F)F)N1CCCN(c2nc3cccnc3s2)CC1. The lowest BCUT2D eigenvalue weighted by atomic mass is 10.2. The molecule has 0 aliphatic carbocycles. The number of anilines is 1. The van der Waals surface area contributed by atoms with Crippen LogP contribution in [0.1, 0.15) is 12.0 Å². The Kier molecular flexibility index (Phi) is 5.21. The second-order valence-electron chi connectivity index (χ2n) is 6.56. The van der Waals surface area contributed by atoms with E-state index in [1.165, 1.54) is 23.5 Å². The van der Waals surface area contributed by atoms with Crippen LogP contribution >= 0.6 is 11.3 Å². The van der Waals surface area contributed by atoms with Gasteiger partial charge in [0.1, 0.15) is 10.3 Å². The van der Waals surface area contributed by atoms with E-state index in [0.717, 1.165) is 31.9 Å². The summed E-state index contributed by atoms with van der Waals surface area (Å²) in [6.07, 6.45) is -2.58. The molecule has 0 spiro atoms. The third-order valence-electron chi connectivity index (χ3n) is 4.69. The molecule has 0 amide bonds. The minimum absolute atomic E-state index is 0.0812. The molecule has 0 N–H and O–H groups in total. The molecular weight excluding hydrogens is 425 g/mol. The van der Waals surface area contributed by atoms with Gasteiger partial charge < -0.3 is 4.90 Å². The zero-order chi connectivity index (χ0) is 20.6. The summed E-state index contributed by atoms with van der Waals surface area (Å²) in [5, 5.41) is 0.730. The molecule has 1 aromatic carbocycles. The summed E-state index contributed by atoms with van der Waals surface area (Å²) >= 11 is 1.41. The lowest BCUT2D eigenvalue weighted by Gasteiger charge is -2.23. The molecule has 0 bridgehead atoms. The van der Waals surface area contributed by atoms with Crippen molar-refractivity contribution in [1.82, 2.24) is 14.3 Å². The highest BCUT2D eigenvalue weighted by Crippen LogP contribution is 2.35. The van der Waals surface area contributed by atoms with E-state index in [9.17, 15) is 21.6 Å². The van der Waals surface area contributed by atoms with Crippen LogP contribution in [0.2, 0.25) is 0 Å². The number of pyridine rings is 1. The first-order valence-corrected chi connectivity index (χ1v) is 11.2. The van der Waals surface area contributed by atoms with Crippen LogP contribution in [0.5, 0.6) is 0 Å². The molecule has 154 valence electrons. The molecule has 0 atom stereocenters. The van der Waals surface area contributed by atoms with Crippen molar-refractivity contribution in [3.05, 3.63) is 48.2 Å². The van der Waals surface area contributed by atoms with Crippen molar-refractivity contribution in [1.29, 1.82) is 0 Å². The lowest BCUT2D eigenvalue weighted by molar-refractivity contribution is -0.139. The zero-order valence-electron chi connectivity index (χ0n) is 15.1. The molecule has 6 nitrogen and oxygen atoms in total. The number of thiazole rings is 1. The zero-order valence-corrected chi connectivity index (χ0v) is 16.8. The van der Waals surface area contributed by atoms with Gasteiger partial charge in [0.15, 0.2) is 5.13 Å². The van der Waals surface area contributed by atoms with Crippen molar-refractivity contribution < 1.29 is 21.6 Å². The van der Waals surface area contributed by atoms with Crippen molar-refractivity contribution in [3.8, 4) is 0 Å². The number of alkyl halides is 3. The van der Waals surface area contributed by atoms with Crippen LogP contribution in [0.3, 0.4) is 0 Å². The van der Waals surface area contributed by atoms with Crippen molar-refractivity contribution in [3.63, 3.8) is 0 Å². The molecule has 1 fully saturated rings. The average Bonchev–Trinajstić information content (AvgIpc) is 2.95. The summed E-state index contributed by atoms with van der Waals surface area (Å²) in [5.74, 6) is 0. The van der Waals surface area contributed by atoms with Crippen molar-refractivity contribution >= 4 is 36.8 Å². The summed E-state index contributed by atoms with van der Waals surface area (Å²) in [6.45, 7) is 1.13. The molecule has 3 aromatic rings. The quantitative estimate of drug-likeness (QED) is 0.620. The fraction of sp³-hybridized carbons (Fsp3) is 0.333. The third-order valence-corrected chi connectivity index (χ3v) is 7.69. The van der Waals surface area contributed by atoms with Crippen molar-refractivity contribution in [2.24, 2.45) is 0 Å². The molecule has 0 saturated carbocycles. The number of fused-ring (bicyclic) bond motifs is 1. The maximum absolute atomic E-state index is 13.3. The first kappa shape index (κ1) is 20.0. The minimum Gasteiger partial charge on any atom is -0.347 e. The molecule has 1 aliphatic heterocycles. The van der Waals surface area contributed by atoms with Gasteiger partial charge in [-0.1, -0.05) is 23.5 Å². The first-order chi connectivity index (χ1) is 13.8. The molecule has 0 radical (unpaired) electrons. The van der Waals surface area contributed by atoms with Gasteiger partial charge in [0.2, 0.25) is 10.0 Å². The number of nitrogens with zero attached hydrogens (tertiary/aromatic N) is 4. The molecule has 11 heteroatoms. The Morgan fingerprint density at radius 2 is 1.79 bits per heavy atom. The molecule has 1 saturated heterocycles. The van der Waals surface area contributed by atoms with E-state index in [4.69, 9.17) is 0 Å². The first-order valence-electron chi connectivity index (χ1n) is 8.90. The van der Waals surface area contributed by atoms with Gasteiger partial charge in [0, 0.05) is 32.4 Å².